The summed E-state index contributed by atoms with van der Waals surface area (Å²) in [4.78, 5) is 12.9. The van der Waals surface area contributed by atoms with Gasteiger partial charge in [0.2, 0.25) is 5.75 Å². The Hall–Kier alpha value is -2.74. The van der Waals surface area contributed by atoms with Crippen molar-refractivity contribution in [3.8, 4) is 17.2 Å². The second kappa shape index (κ2) is 7.87. The van der Waals surface area contributed by atoms with Gasteiger partial charge in [-0.05, 0) is 30.9 Å². The Morgan fingerprint density at radius 2 is 1.85 bits per heavy atom. The maximum absolute atomic E-state index is 12.9. The number of nitrogens with one attached hydrogen (secondary N) is 1. The lowest BCUT2D eigenvalue weighted by atomic mass is 9.75. The van der Waals surface area contributed by atoms with E-state index in [0.717, 1.165) is 5.56 Å². The molecule has 1 aliphatic carbocycles. The van der Waals surface area contributed by atoms with Gasteiger partial charge < -0.3 is 24.6 Å². The van der Waals surface area contributed by atoms with Crippen molar-refractivity contribution in [2.45, 2.75) is 25.0 Å². The third-order valence-electron chi connectivity index (χ3n) is 4.92. The average molecular weight is 375 g/mol. The number of amides is 1. The smallest absolute Gasteiger partial charge is 0.252 e. The highest BCUT2D eigenvalue weighted by atomic mass is 16.5. The van der Waals surface area contributed by atoms with Crippen molar-refractivity contribution in [3.63, 3.8) is 0 Å². The van der Waals surface area contributed by atoms with Crippen molar-refractivity contribution >= 4 is 5.91 Å². The van der Waals surface area contributed by atoms with E-state index in [9.17, 15) is 9.90 Å². The van der Waals surface area contributed by atoms with E-state index in [-0.39, 0.29) is 24.0 Å². The van der Waals surface area contributed by atoms with Gasteiger partial charge in [0, 0.05) is 24.4 Å². The Labute approximate surface area is 158 Å². The Bertz CT molecular complexity index is 788. The number of carbonyl (C=O) groups is 1. The lowest BCUT2D eigenvalue weighted by Crippen LogP contribution is -2.41. The van der Waals surface area contributed by atoms with Crippen LogP contribution in [0, 0.1) is 5.92 Å². The van der Waals surface area contributed by atoms with E-state index in [1.807, 2.05) is 13.2 Å². The summed E-state index contributed by atoms with van der Waals surface area (Å²) in [6, 6.07) is 3.01. The summed E-state index contributed by atoms with van der Waals surface area (Å²) in [5.74, 6) is 1.17. The van der Waals surface area contributed by atoms with Crippen molar-refractivity contribution in [3.05, 3.63) is 35.7 Å². The van der Waals surface area contributed by atoms with Gasteiger partial charge in [-0.3, -0.25) is 9.48 Å². The van der Waals surface area contributed by atoms with Gasteiger partial charge in [-0.25, -0.2) is 0 Å². The normalized spacial score (nSPS) is 19.7. The van der Waals surface area contributed by atoms with Gasteiger partial charge in [0.25, 0.3) is 5.91 Å². The molecular formula is C19H25N3O5. The Balaban J connectivity index is 1.87. The Morgan fingerprint density at radius 3 is 2.30 bits per heavy atom. The number of aromatic nitrogens is 2. The molecule has 0 bridgehead atoms. The van der Waals surface area contributed by atoms with Crippen LogP contribution in [0.3, 0.4) is 0 Å². The standard InChI is InChI=1S/C19H25N3O5/c1-22-10-13(9-20-22)17(11-5-14(23)6-11)21-19(24)12-7-15(25-2)18(27-4)16(8-12)26-3/h7-11,14,17,23H,5-6H2,1-4H3,(H,21,24). The average Bonchev–Trinajstić information content (AvgIpc) is 3.08. The number of ether oxygens (including phenoxy) is 3. The van der Waals surface area contributed by atoms with E-state index in [4.69, 9.17) is 14.2 Å². The van der Waals surface area contributed by atoms with Crippen molar-refractivity contribution in [1.29, 1.82) is 0 Å². The summed E-state index contributed by atoms with van der Waals surface area (Å²) < 4.78 is 17.6. The molecule has 146 valence electrons. The zero-order valence-corrected chi connectivity index (χ0v) is 15.9. The summed E-state index contributed by atoms with van der Waals surface area (Å²) in [5, 5.41) is 17.0. The zero-order valence-electron chi connectivity index (χ0n) is 15.9. The largest absolute Gasteiger partial charge is 0.493 e. The Morgan fingerprint density at radius 1 is 1.22 bits per heavy atom. The predicted molar refractivity (Wildman–Crippen MR) is 98.2 cm³/mol. The van der Waals surface area contributed by atoms with E-state index in [2.05, 4.69) is 10.4 Å². The number of hydrogen-bond donors (Lipinski definition) is 2. The quantitative estimate of drug-likeness (QED) is 0.765. The first-order valence-corrected chi connectivity index (χ1v) is 8.74. The molecular weight excluding hydrogens is 350 g/mol. The zero-order chi connectivity index (χ0) is 19.6. The molecule has 0 radical (unpaired) electrons. The number of rotatable bonds is 7. The van der Waals surface area contributed by atoms with Gasteiger partial charge in [-0.1, -0.05) is 0 Å². The molecule has 0 spiro atoms. The molecule has 1 aromatic heterocycles. The maximum Gasteiger partial charge on any atom is 0.252 e. The number of aryl methyl sites for hydroxylation is 1. The first kappa shape index (κ1) is 19.0. The van der Waals surface area contributed by atoms with Crippen LogP contribution in [0.4, 0.5) is 0 Å². The molecule has 3 rings (SSSR count). The molecule has 1 amide bonds. The first-order chi connectivity index (χ1) is 13.0. The highest BCUT2D eigenvalue weighted by Crippen LogP contribution is 2.40. The molecule has 2 N–H and O–H groups in total. The number of aliphatic hydroxyl groups is 1. The van der Waals surface area contributed by atoms with Crippen LogP contribution in [0.1, 0.15) is 34.8 Å². The van der Waals surface area contributed by atoms with Crippen LogP contribution in [0.2, 0.25) is 0 Å². The predicted octanol–water partition coefficient (Wildman–Crippen LogP) is 1.69. The van der Waals surface area contributed by atoms with Crippen LogP contribution < -0.4 is 19.5 Å². The second-order valence-electron chi connectivity index (χ2n) is 6.70. The fourth-order valence-electron chi connectivity index (χ4n) is 3.41. The highest BCUT2D eigenvalue weighted by Gasteiger charge is 2.36. The molecule has 8 heteroatoms. The SMILES string of the molecule is COc1cc(C(=O)NC(c2cnn(C)c2)C2CC(O)C2)cc(OC)c1OC. The van der Waals surface area contributed by atoms with Gasteiger partial charge >= 0.3 is 0 Å². The monoisotopic (exact) mass is 375 g/mol. The third kappa shape index (κ3) is 3.85. The van der Waals surface area contributed by atoms with E-state index < -0.39 is 0 Å². The maximum atomic E-state index is 12.9. The molecule has 2 aromatic rings. The minimum absolute atomic E-state index is 0.162. The van der Waals surface area contributed by atoms with Crippen molar-refractivity contribution < 1.29 is 24.1 Å². The van der Waals surface area contributed by atoms with Gasteiger partial charge in [0.15, 0.2) is 11.5 Å². The lowest BCUT2D eigenvalue weighted by molar-refractivity contribution is 0.0235. The highest BCUT2D eigenvalue weighted by molar-refractivity contribution is 5.96. The summed E-state index contributed by atoms with van der Waals surface area (Å²) in [6.45, 7) is 0. The molecule has 1 saturated carbocycles. The van der Waals surface area contributed by atoms with E-state index in [1.54, 1.807) is 23.0 Å². The molecule has 0 aliphatic heterocycles. The topological polar surface area (TPSA) is 94.8 Å². The summed E-state index contributed by atoms with van der Waals surface area (Å²) in [6.07, 6.45) is 4.60. The van der Waals surface area contributed by atoms with Gasteiger partial charge in [0.05, 0.1) is 39.7 Å². The molecule has 27 heavy (non-hydrogen) atoms. The van der Waals surface area contributed by atoms with Crippen LogP contribution in [0.5, 0.6) is 17.2 Å². The van der Waals surface area contributed by atoms with E-state index in [0.29, 0.717) is 35.7 Å². The minimum atomic E-state index is -0.313. The van der Waals surface area contributed by atoms with E-state index in [1.165, 1.54) is 21.3 Å². The number of carbonyl (C=O) groups excluding carboxylic acids is 1. The summed E-state index contributed by atoms with van der Waals surface area (Å²) in [7, 11) is 6.36. The van der Waals surface area contributed by atoms with Crippen molar-refractivity contribution in [2.75, 3.05) is 21.3 Å². The molecule has 1 fully saturated rings. The third-order valence-corrected chi connectivity index (χ3v) is 4.92. The van der Waals surface area contributed by atoms with Crippen LogP contribution >= 0.6 is 0 Å². The molecule has 1 heterocycles. The van der Waals surface area contributed by atoms with Gasteiger partial charge in [-0.2, -0.15) is 5.10 Å². The fraction of sp³-hybridized carbons (Fsp3) is 0.474. The molecule has 8 nitrogen and oxygen atoms in total. The second-order valence-corrected chi connectivity index (χ2v) is 6.70. The van der Waals surface area contributed by atoms with Crippen molar-refractivity contribution in [2.24, 2.45) is 13.0 Å². The van der Waals surface area contributed by atoms with Crippen molar-refractivity contribution in [1.82, 2.24) is 15.1 Å². The molecule has 1 unspecified atom stereocenters. The number of aliphatic hydroxyl groups excluding tert-OH is 1. The van der Waals surface area contributed by atoms with Gasteiger partial charge in [0.1, 0.15) is 0 Å². The lowest BCUT2D eigenvalue weighted by Gasteiger charge is -2.37. The molecule has 1 aliphatic rings. The van der Waals surface area contributed by atoms with Crippen LogP contribution in [-0.2, 0) is 7.05 Å². The fourth-order valence-corrected chi connectivity index (χ4v) is 3.41. The van der Waals surface area contributed by atoms with Crippen LogP contribution in [-0.4, -0.2) is 48.2 Å². The molecule has 1 aromatic carbocycles. The number of benzene rings is 1. The van der Waals surface area contributed by atoms with Crippen LogP contribution in [0.25, 0.3) is 0 Å². The van der Waals surface area contributed by atoms with Crippen LogP contribution in [0.15, 0.2) is 24.5 Å². The first-order valence-electron chi connectivity index (χ1n) is 8.74. The molecule has 0 saturated heterocycles. The molecule has 1 atom stereocenters. The minimum Gasteiger partial charge on any atom is -0.493 e. The van der Waals surface area contributed by atoms with Gasteiger partial charge in [-0.15, -0.1) is 0 Å². The number of methoxy groups -OCH3 is 3. The van der Waals surface area contributed by atoms with E-state index >= 15 is 0 Å². The summed E-state index contributed by atoms with van der Waals surface area (Å²) in [5.41, 5.74) is 1.31. The summed E-state index contributed by atoms with van der Waals surface area (Å²) >= 11 is 0. The number of nitrogens with zero attached hydrogens (tertiary/aromatic N) is 2. The Kier molecular flexibility index (Phi) is 5.55. The number of hydrogen-bond acceptors (Lipinski definition) is 6.